The number of aromatic nitrogens is 1. The third-order valence-corrected chi connectivity index (χ3v) is 3.10. The van der Waals surface area contributed by atoms with Crippen LogP contribution in [0.15, 0.2) is 24.4 Å². The highest BCUT2D eigenvalue weighted by atomic mass is 35.5. The van der Waals surface area contributed by atoms with Gasteiger partial charge in [-0.2, -0.15) is 0 Å². The second-order valence-corrected chi connectivity index (χ2v) is 4.66. The van der Waals surface area contributed by atoms with E-state index in [4.69, 9.17) is 0 Å². The van der Waals surface area contributed by atoms with Gasteiger partial charge in [0.1, 0.15) is 0 Å². The van der Waals surface area contributed by atoms with Gasteiger partial charge in [-0.3, -0.25) is 9.88 Å². The Morgan fingerprint density at radius 3 is 2.94 bits per heavy atom. The number of piperidine rings is 1. The molecule has 2 rings (SSSR count). The Kier molecular flexibility index (Phi) is 6.48. The normalized spacial score (nSPS) is 20.0. The van der Waals surface area contributed by atoms with Gasteiger partial charge >= 0.3 is 0 Å². The van der Waals surface area contributed by atoms with Gasteiger partial charge in [-0.25, -0.2) is 0 Å². The largest absolute Gasteiger partial charge is 0.313 e. The zero-order valence-electron chi connectivity index (χ0n) is 10.4. The predicted molar refractivity (Wildman–Crippen MR) is 73.5 cm³/mol. The Bertz CT molecular complexity index is 299. The minimum atomic E-state index is 0. The molecule has 1 aromatic heterocycles. The summed E-state index contributed by atoms with van der Waals surface area (Å²) in [5.41, 5.74) is 1.15. The molecule has 0 amide bonds. The fourth-order valence-electron chi connectivity index (χ4n) is 2.29. The van der Waals surface area contributed by atoms with E-state index < -0.39 is 0 Å². The van der Waals surface area contributed by atoms with E-state index in [9.17, 15) is 0 Å². The molecular formula is C13H22ClN3. The first-order chi connectivity index (χ1) is 7.84. The van der Waals surface area contributed by atoms with Crippen LogP contribution in [0.4, 0.5) is 0 Å². The second kappa shape index (κ2) is 7.64. The van der Waals surface area contributed by atoms with Crippen molar-refractivity contribution in [3.63, 3.8) is 0 Å². The maximum atomic E-state index is 4.35. The van der Waals surface area contributed by atoms with Crippen molar-refractivity contribution >= 4 is 12.4 Å². The molecular weight excluding hydrogens is 234 g/mol. The lowest BCUT2D eigenvalue weighted by Gasteiger charge is -2.27. The summed E-state index contributed by atoms with van der Waals surface area (Å²) >= 11 is 0. The highest BCUT2D eigenvalue weighted by molar-refractivity contribution is 5.85. The molecule has 1 aliphatic rings. The highest BCUT2D eigenvalue weighted by Gasteiger charge is 2.14. The minimum absolute atomic E-state index is 0. The molecule has 0 radical (unpaired) electrons. The summed E-state index contributed by atoms with van der Waals surface area (Å²) in [7, 11) is 2.17. The Labute approximate surface area is 110 Å². The van der Waals surface area contributed by atoms with Crippen LogP contribution in [0.25, 0.3) is 0 Å². The lowest BCUT2D eigenvalue weighted by atomic mass is 10.0. The molecule has 17 heavy (non-hydrogen) atoms. The summed E-state index contributed by atoms with van der Waals surface area (Å²) in [5, 5.41) is 3.57. The van der Waals surface area contributed by atoms with Crippen molar-refractivity contribution in [1.29, 1.82) is 0 Å². The van der Waals surface area contributed by atoms with Gasteiger partial charge in [-0.15, -0.1) is 12.4 Å². The van der Waals surface area contributed by atoms with E-state index in [2.05, 4.69) is 34.4 Å². The smallest absolute Gasteiger partial charge is 0.0543 e. The molecule has 1 atom stereocenters. The Morgan fingerprint density at radius 1 is 1.41 bits per heavy atom. The first-order valence-corrected chi connectivity index (χ1v) is 6.16. The lowest BCUT2D eigenvalue weighted by Crippen LogP contribution is -2.42. The molecule has 96 valence electrons. The van der Waals surface area contributed by atoms with Gasteiger partial charge in [0.15, 0.2) is 0 Å². The lowest BCUT2D eigenvalue weighted by molar-refractivity contribution is 0.254. The van der Waals surface area contributed by atoms with Crippen LogP contribution in [0.5, 0.6) is 0 Å². The molecule has 0 aliphatic carbocycles. The van der Waals surface area contributed by atoms with Gasteiger partial charge in [-0.1, -0.05) is 12.5 Å². The number of nitrogens with zero attached hydrogens (tertiary/aromatic N) is 2. The Hall–Kier alpha value is -0.640. The van der Waals surface area contributed by atoms with Gasteiger partial charge in [0.05, 0.1) is 5.69 Å². The van der Waals surface area contributed by atoms with Gasteiger partial charge in [0, 0.05) is 25.3 Å². The van der Waals surface area contributed by atoms with E-state index in [-0.39, 0.29) is 12.4 Å². The molecule has 0 bridgehead atoms. The molecule has 4 heteroatoms. The van der Waals surface area contributed by atoms with Gasteiger partial charge in [0.25, 0.3) is 0 Å². The summed E-state index contributed by atoms with van der Waals surface area (Å²) in [4.78, 5) is 6.70. The molecule has 1 saturated heterocycles. The standard InChI is InChI=1S/C13H21N3.ClH/c1-16(10-12-6-2-4-8-14-12)11-13-7-3-5-9-15-13;/h2,4,6,8,13,15H,3,5,7,9-11H2,1H3;1H. The summed E-state index contributed by atoms with van der Waals surface area (Å²) in [6, 6.07) is 6.77. The summed E-state index contributed by atoms with van der Waals surface area (Å²) in [5.74, 6) is 0. The van der Waals surface area contributed by atoms with Gasteiger partial charge < -0.3 is 5.32 Å². The SMILES string of the molecule is CN(Cc1ccccn1)CC1CCCCN1.Cl. The fraction of sp³-hybridized carbons (Fsp3) is 0.615. The van der Waals surface area contributed by atoms with E-state index in [1.54, 1.807) is 0 Å². The molecule has 0 spiro atoms. The number of hydrogen-bond acceptors (Lipinski definition) is 3. The monoisotopic (exact) mass is 255 g/mol. The quantitative estimate of drug-likeness (QED) is 0.893. The maximum Gasteiger partial charge on any atom is 0.0543 e. The highest BCUT2D eigenvalue weighted by Crippen LogP contribution is 2.09. The molecule has 1 fully saturated rings. The van der Waals surface area contributed by atoms with Crippen molar-refractivity contribution in [2.75, 3.05) is 20.1 Å². The van der Waals surface area contributed by atoms with Crippen LogP contribution in [-0.4, -0.2) is 36.1 Å². The van der Waals surface area contributed by atoms with E-state index in [0.29, 0.717) is 6.04 Å². The van der Waals surface area contributed by atoms with E-state index in [1.807, 2.05) is 12.3 Å². The van der Waals surface area contributed by atoms with E-state index in [0.717, 1.165) is 18.8 Å². The maximum absolute atomic E-state index is 4.35. The van der Waals surface area contributed by atoms with Crippen molar-refractivity contribution in [3.05, 3.63) is 30.1 Å². The molecule has 0 aromatic carbocycles. The molecule has 2 heterocycles. The van der Waals surface area contributed by atoms with Crippen molar-refractivity contribution in [3.8, 4) is 0 Å². The van der Waals surface area contributed by atoms with Gasteiger partial charge in [-0.05, 0) is 38.6 Å². The zero-order valence-corrected chi connectivity index (χ0v) is 11.2. The zero-order chi connectivity index (χ0) is 11.2. The first-order valence-electron chi connectivity index (χ1n) is 6.16. The third-order valence-electron chi connectivity index (χ3n) is 3.10. The topological polar surface area (TPSA) is 28.2 Å². The Balaban J connectivity index is 0.00000144. The minimum Gasteiger partial charge on any atom is -0.313 e. The number of hydrogen-bond donors (Lipinski definition) is 1. The van der Waals surface area contributed by atoms with Crippen molar-refractivity contribution in [2.24, 2.45) is 0 Å². The molecule has 1 unspecified atom stereocenters. The number of pyridine rings is 1. The predicted octanol–water partition coefficient (Wildman–Crippen LogP) is 2.08. The fourth-order valence-corrected chi connectivity index (χ4v) is 2.29. The van der Waals surface area contributed by atoms with Crippen LogP contribution < -0.4 is 5.32 Å². The number of rotatable bonds is 4. The number of halogens is 1. The van der Waals surface area contributed by atoms with Crippen LogP contribution in [-0.2, 0) is 6.54 Å². The van der Waals surface area contributed by atoms with E-state index >= 15 is 0 Å². The average molecular weight is 256 g/mol. The summed E-state index contributed by atoms with van der Waals surface area (Å²) in [6.45, 7) is 3.25. The summed E-state index contributed by atoms with van der Waals surface area (Å²) in [6.07, 6.45) is 5.88. The molecule has 1 aliphatic heterocycles. The number of nitrogens with one attached hydrogen (secondary N) is 1. The van der Waals surface area contributed by atoms with Crippen molar-refractivity contribution < 1.29 is 0 Å². The van der Waals surface area contributed by atoms with Crippen LogP contribution in [0, 0.1) is 0 Å². The second-order valence-electron chi connectivity index (χ2n) is 4.66. The van der Waals surface area contributed by atoms with E-state index in [1.165, 1.54) is 25.8 Å². The molecule has 3 nitrogen and oxygen atoms in total. The average Bonchev–Trinajstić information content (AvgIpc) is 2.31. The van der Waals surface area contributed by atoms with Crippen LogP contribution in [0.1, 0.15) is 25.0 Å². The first kappa shape index (κ1) is 14.4. The van der Waals surface area contributed by atoms with Crippen LogP contribution >= 0.6 is 12.4 Å². The Morgan fingerprint density at radius 2 is 2.29 bits per heavy atom. The molecule has 1 N–H and O–H groups in total. The van der Waals surface area contributed by atoms with Crippen LogP contribution in [0.2, 0.25) is 0 Å². The van der Waals surface area contributed by atoms with Gasteiger partial charge in [0.2, 0.25) is 0 Å². The molecule has 0 saturated carbocycles. The summed E-state index contributed by atoms with van der Waals surface area (Å²) < 4.78 is 0. The van der Waals surface area contributed by atoms with Crippen molar-refractivity contribution in [2.45, 2.75) is 31.8 Å². The third kappa shape index (κ3) is 5.02. The number of likely N-dealkylation sites (N-methyl/N-ethyl adjacent to an activating group) is 1. The van der Waals surface area contributed by atoms with Crippen molar-refractivity contribution in [1.82, 2.24) is 15.2 Å². The van der Waals surface area contributed by atoms with Crippen LogP contribution in [0.3, 0.4) is 0 Å². The molecule has 1 aromatic rings.